The summed E-state index contributed by atoms with van der Waals surface area (Å²) in [6.07, 6.45) is -0.931. The zero-order valence-corrected chi connectivity index (χ0v) is 11.8. The Morgan fingerprint density at radius 2 is 2.10 bits per heavy atom. The minimum Gasteiger partial charge on any atom is -0.494 e. The minimum atomic E-state index is -0.931. The van der Waals surface area contributed by atoms with Crippen LogP contribution in [0.1, 0.15) is 22.1 Å². The summed E-state index contributed by atoms with van der Waals surface area (Å²) < 4.78 is 9.93. The first-order chi connectivity index (χ1) is 9.58. The van der Waals surface area contributed by atoms with Crippen LogP contribution in [0.15, 0.2) is 12.1 Å². The number of hydrogen-bond donors (Lipinski definition) is 4. The van der Waals surface area contributed by atoms with Gasteiger partial charge in [0.1, 0.15) is 11.8 Å². The van der Waals surface area contributed by atoms with Crippen molar-refractivity contribution in [2.75, 3.05) is 39.7 Å². The second kappa shape index (κ2) is 7.68. The van der Waals surface area contributed by atoms with E-state index in [4.69, 9.17) is 14.6 Å². The van der Waals surface area contributed by atoms with Gasteiger partial charge < -0.3 is 25.0 Å². The predicted molar refractivity (Wildman–Crippen MR) is 73.9 cm³/mol. The Labute approximate surface area is 117 Å². The van der Waals surface area contributed by atoms with Crippen molar-refractivity contribution in [1.29, 1.82) is 0 Å². The number of rotatable bonds is 7. The van der Waals surface area contributed by atoms with Crippen LogP contribution < -0.4 is 15.4 Å². The fraction of sp³-hybridized carbons (Fsp3) is 0.462. The van der Waals surface area contributed by atoms with Crippen molar-refractivity contribution in [3.63, 3.8) is 0 Å². The molecule has 7 nitrogen and oxygen atoms in total. The number of ether oxygens (including phenoxy) is 2. The standard InChI is InChI=1S/C13H20N2O5/c1-14-12(17)8-6-9(13(18)20-3)11(19-2)10(7-8)15-4-5-16/h6-7,12,14-17H,4-5H2,1-3H3. The molecule has 112 valence electrons. The number of aliphatic hydroxyl groups is 2. The van der Waals surface area contributed by atoms with Crippen LogP contribution in [0, 0.1) is 0 Å². The number of esters is 1. The lowest BCUT2D eigenvalue weighted by atomic mass is 10.1. The van der Waals surface area contributed by atoms with Crippen molar-refractivity contribution < 1.29 is 24.5 Å². The summed E-state index contributed by atoms with van der Waals surface area (Å²) in [5, 5.41) is 24.3. The van der Waals surface area contributed by atoms with Crippen LogP contribution >= 0.6 is 0 Å². The monoisotopic (exact) mass is 284 g/mol. The van der Waals surface area contributed by atoms with Gasteiger partial charge in [0, 0.05) is 6.54 Å². The summed E-state index contributed by atoms with van der Waals surface area (Å²) in [5.74, 6) is -0.267. The van der Waals surface area contributed by atoms with Gasteiger partial charge in [-0.15, -0.1) is 0 Å². The lowest BCUT2D eigenvalue weighted by Crippen LogP contribution is -2.18. The van der Waals surface area contributed by atoms with Gasteiger partial charge in [0.05, 0.1) is 26.5 Å². The number of anilines is 1. The number of carbonyl (C=O) groups excluding carboxylic acids is 1. The topological polar surface area (TPSA) is 100 Å². The zero-order chi connectivity index (χ0) is 15.1. The summed E-state index contributed by atoms with van der Waals surface area (Å²) in [7, 11) is 4.29. The van der Waals surface area contributed by atoms with Crippen molar-refractivity contribution in [3.8, 4) is 5.75 Å². The number of aliphatic hydroxyl groups excluding tert-OH is 2. The van der Waals surface area contributed by atoms with Gasteiger partial charge in [-0.3, -0.25) is 5.32 Å². The Morgan fingerprint density at radius 1 is 1.40 bits per heavy atom. The maximum Gasteiger partial charge on any atom is 0.341 e. The molecule has 0 aliphatic rings. The first-order valence-electron chi connectivity index (χ1n) is 6.09. The quantitative estimate of drug-likeness (QED) is 0.416. The number of nitrogens with one attached hydrogen (secondary N) is 2. The van der Waals surface area contributed by atoms with E-state index in [0.717, 1.165) is 0 Å². The molecule has 0 aliphatic heterocycles. The van der Waals surface area contributed by atoms with Crippen molar-refractivity contribution in [3.05, 3.63) is 23.3 Å². The van der Waals surface area contributed by atoms with Gasteiger partial charge in [-0.05, 0) is 24.7 Å². The summed E-state index contributed by atoms with van der Waals surface area (Å²) in [4.78, 5) is 11.8. The Morgan fingerprint density at radius 3 is 2.60 bits per heavy atom. The fourth-order valence-corrected chi connectivity index (χ4v) is 1.78. The molecule has 1 rings (SSSR count). The highest BCUT2D eigenvalue weighted by Gasteiger charge is 2.20. The van der Waals surface area contributed by atoms with Gasteiger partial charge in [-0.2, -0.15) is 0 Å². The molecule has 1 aromatic carbocycles. The average Bonchev–Trinajstić information content (AvgIpc) is 2.49. The van der Waals surface area contributed by atoms with E-state index in [-0.39, 0.29) is 18.7 Å². The summed E-state index contributed by atoms with van der Waals surface area (Å²) in [6.45, 7) is 0.214. The van der Waals surface area contributed by atoms with Crippen LogP contribution in [0.25, 0.3) is 0 Å². The molecule has 4 N–H and O–H groups in total. The van der Waals surface area contributed by atoms with Gasteiger partial charge in [0.15, 0.2) is 5.75 Å². The molecule has 0 saturated heterocycles. The Hall–Kier alpha value is -1.83. The molecule has 0 amide bonds. The minimum absolute atomic E-state index is 0.0739. The smallest absolute Gasteiger partial charge is 0.341 e. The van der Waals surface area contributed by atoms with Gasteiger partial charge in [0.2, 0.25) is 0 Å². The van der Waals surface area contributed by atoms with Crippen LogP contribution in [0.2, 0.25) is 0 Å². The highest BCUT2D eigenvalue weighted by molar-refractivity contribution is 5.95. The molecule has 7 heteroatoms. The molecule has 0 heterocycles. The zero-order valence-electron chi connectivity index (χ0n) is 11.8. The molecule has 0 aliphatic carbocycles. The molecule has 1 atom stereocenters. The molecule has 1 aromatic rings. The third-order valence-electron chi connectivity index (χ3n) is 2.74. The number of hydrogen-bond acceptors (Lipinski definition) is 7. The highest BCUT2D eigenvalue weighted by atomic mass is 16.5. The second-order valence-corrected chi connectivity index (χ2v) is 3.98. The molecule has 1 unspecified atom stereocenters. The Kier molecular flexibility index (Phi) is 6.23. The first kappa shape index (κ1) is 16.2. The van der Waals surface area contributed by atoms with Crippen molar-refractivity contribution >= 4 is 11.7 Å². The SMILES string of the molecule is CNC(O)c1cc(NCCO)c(OC)c(C(=O)OC)c1. The number of methoxy groups -OCH3 is 2. The predicted octanol–water partition coefficient (Wildman–Crippen LogP) is 0.0963. The van der Waals surface area contributed by atoms with Crippen molar-refractivity contribution in [2.45, 2.75) is 6.23 Å². The highest BCUT2D eigenvalue weighted by Crippen LogP contribution is 2.32. The maximum absolute atomic E-state index is 11.8. The molecule has 20 heavy (non-hydrogen) atoms. The van der Waals surface area contributed by atoms with Crippen LogP contribution in [0.3, 0.4) is 0 Å². The van der Waals surface area contributed by atoms with Gasteiger partial charge in [-0.25, -0.2) is 4.79 Å². The van der Waals surface area contributed by atoms with Gasteiger partial charge in [0.25, 0.3) is 0 Å². The van der Waals surface area contributed by atoms with E-state index in [0.29, 0.717) is 17.0 Å². The first-order valence-corrected chi connectivity index (χ1v) is 6.09. The average molecular weight is 284 g/mol. The second-order valence-electron chi connectivity index (χ2n) is 3.98. The number of carbonyl (C=O) groups is 1. The number of benzene rings is 1. The molecule has 0 fully saturated rings. The molecule has 0 spiro atoms. The molecular weight excluding hydrogens is 264 g/mol. The largest absolute Gasteiger partial charge is 0.494 e. The summed E-state index contributed by atoms with van der Waals surface area (Å²) in [5.41, 5.74) is 1.17. The molecule has 0 saturated carbocycles. The summed E-state index contributed by atoms with van der Waals surface area (Å²) >= 11 is 0. The van der Waals surface area contributed by atoms with Crippen LogP contribution in [-0.4, -0.2) is 50.6 Å². The van der Waals surface area contributed by atoms with Crippen LogP contribution in [0.4, 0.5) is 5.69 Å². The van der Waals surface area contributed by atoms with Gasteiger partial charge in [-0.1, -0.05) is 0 Å². The van der Waals surface area contributed by atoms with E-state index in [1.54, 1.807) is 13.1 Å². The van der Waals surface area contributed by atoms with Crippen LogP contribution in [0.5, 0.6) is 5.75 Å². The summed E-state index contributed by atoms with van der Waals surface area (Å²) in [6, 6.07) is 3.14. The fourth-order valence-electron chi connectivity index (χ4n) is 1.78. The molecule has 0 radical (unpaired) electrons. The van der Waals surface area contributed by atoms with E-state index in [2.05, 4.69) is 10.6 Å². The Bertz CT molecular complexity index is 464. The normalized spacial score (nSPS) is 11.8. The maximum atomic E-state index is 11.8. The third kappa shape index (κ3) is 3.60. The third-order valence-corrected chi connectivity index (χ3v) is 2.74. The van der Waals surface area contributed by atoms with Crippen LogP contribution in [-0.2, 0) is 4.74 Å². The van der Waals surface area contributed by atoms with Gasteiger partial charge >= 0.3 is 5.97 Å². The van der Waals surface area contributed by atoms with E-state index in [1.807, 2.05) is 0 Å². The lowest BCUT2D eigenvalue weighted by Gasteiger charge is -2.18. The molecular formula is C13H20N2O5. The van der Waals surface area contributed by atoms with Crippen molar-refractivity contribution in [1.82, 2.24) is 5.32 Å². The molecule has 0 bridgehead atoms. The van der Waals surface area contributed by atoms with E-state index < -0.39 is 12.2 Å². The van der Waals surface area contributed by atoms with Crippen molar-refractivity contribution in [2.24, 2.45) is 0 Å². The van der Waals surface area contributed by atoms with E-state index in [1.165, 1.54) is 20.3 Å². The molecule has 0 aromatic heterocycles. The lowest BCUT2D eigenvalue weighted by molar-refractivity contribution is 0.0596. The van der Waals surface area contributed by atoms with E-state index >= 15 is 0 Å². The Balaban J connectivity index is 3.34. The van der Waals surface area contributed by atoms with E-state index in [9.17, 15) is 9.90 Å².